The second-order valence-corrected chi connectivity index (χ2v) is 13.0. The van der Waals surface area contributed by atoms with Crippen molar-refractivity contribution in [3.8, 4) is 0 Å². The van der Waals surface area contributed by atoms with Crippen LogP contribution < -0.4 is 21.4 Å². The summed E-state index contributed by atoms with van der Waals surface area (Å²) in [5.41, 5.74) is 3.53. The fourth-order valence-electron chi connectivity index (χ4n) is 7.47. The van der Waals surface area contributed by atoms with Crippen LogP contribution in [0.2, 0.25) is 0 Å². The zero-order chi connectivity index (χ0) is 25.6. The number of fused-ring (bicyclic) bond motifs is 2. The first-order chi connectivity index (χ1) is 17.1. The van der Waals surface area contributed by atoms with Gasteiger partial charge in [0.05, 0.1) is 37.5 Å². The molecule has 10 unspecified atom stereocenters. The van der Waals surface area contributed by atoms with Gasteiger partial charge in [-0.1, -0.05) is 6.92 Å². The average molecular weight is 506 g/mol. The van der Waals surface area contributed by atoms with Gasteiger partial charge in [-0.25, -0.2) is 5.01 Å². The molecule has 9 heteroatoms. The molecule has 0 bridgehead atoms. The highest BCUT2D eigenvalue weighted by atomic mass is 16.6. The van der Waals surface area contributed by atoms with Crippen molar-refractivity contribution >= 4 is 11.8 Å². The molecule has 36 heavy (non-hydrogen) atoms. The molecule has 4 N–H and O–H groups in total. The summed E-state index contributed by atoms with van der Waals surface area (Å²) in [5.74, 6) is 0.809. The molecule has 204 valence electrons. The van der Waals surface area contributed by atoms with E-state index in [0.717, 1.165) is 38.6 Å². The molecular weight excluding hydrogens is 458 g/mol. The molecule has 5 rings (SSSR count). The lowest BCUT2D eigenvalue weighted by Crippen LogP contribution is -2.64. The van der Waals surface area contributed by atoms with Crippen molar-refractivity contribution in [2.75, 3.05) is 26.3 Å². The lowest BCUT2D eigenvalue weighted by Gasteiger charge is -2.48. The van der Waals surface area contributed by atoms with Gasteiger partial charge in [-0.3, -0.25) is 20.3 Å². The van der Waals surface area contributed by atoms with E-state index >= 15 is 0 Å². The van der Waals surface area contributed by atoms with Crippen molar-refractivity contribution in [1.82, 2.24) is 26.4 Å². The van der Waals surface area contributed by atoms with Crippen molar-refractivity contribution < 1.29 is 19.1 Å². The Hall–Kier alpha value is -1.26. The predicted molar refractivity (Wildman–Crippen MR) is 137 cm³/mol. The van der Waals surface area contributed by atoms with Crippen LogP contribution in [0.1, 0.15) is 66.7 Å². The van der Waals surface area contributed by atoms with E-state index in [1.807, 2.05) is 6.92 Å². The van der Waals surface area contributed by atoms with Crippen LogP contribution >= 0.6 is 0 Å². The summed E-state index contributed by atoms with van der Waals surface area (Å²) in [5, 5.41) is 12.6. The molecule has 0 radical (unpaired) electrons. The topological polar surface area (TPSA) is 104 Å². The number of hydrogen-bond acceptors (Lipinski definition) is 7. The smallest absolute Gasteiger partial charge is 0.225 e. The molecule has 0 aromatic carbocycles. The van der Waals surface area contributed by atoms with Crippen LogP contribution in [-0.4, -0.2) is 79.1 Å². The molecule has 2 amide bonds. The van der Waals surface area contributed by atoms with Crippen LogP contribution in [0, 0.1) is 29.6 Å². The van der Waals surface area contributed by atoms with Gasteiger partial charge in [-0.15, -0.1) is 0 Å². The molecule has 5 fully saturated rings. The van der Waals surface area contributed by atoms with Crippen molar-refractivity contribution in [3.05, 3.63) is 0 Å². The molecule has 0 aromatic rings. The van der Waals surface area contributed by atoms with Crippen LogP contribution in [0.4, 0.5) is 0 Å². The molecule has 0 spiro atoms. The van der Waals surface area contributed by atoms with Gasteiger partial charge < -0.3 is 20.1 Å². The number of rotatable bonds is 4. The van der Waals surface area contributed by atoms with Gasteiger partial charge in [0.2, 0.25) is 11.8 Å². The molecule has 1 aliphatic carbocycles. The summed E-state index contributed by atoms with van der Waals surface area (Å²) in [6, 6.07) is 0.447. The fourth-order valence-corrected chi connectivity index (χ4v) is 7.47. The summed E-state index contributed by atoms with van der Waals surface area (Å²) >= 11 is 0. The second-order valence-electron chi connectivity index (χ2n) is 13.0. The maximum atomic E-state index is 13.7. The Bertz CT molecular complexity index is 818. The Balaban J connectivity index is 1.29. The zero-order valence-electron chi connectivity index (χ0n) is 22.7. The van der Waals surface area contributed by atoms with E-state index in [1.165, 1.54) is 0 Å². The fraction of sp³-hybridized carbons (Fsp3) is 0.926. The van der Waals surface area contributed by atoms with E-state index in [1.54, 1.807) is 0 Å². The zero-order valence-corrected chi connectivity index (χ0v) is 22.7. The molecule has 4 aliphatic heterocycles. The highest BCUT2D eigenvalue weighted by Crippen LogP contribution is 2.41. The Labute approximate surface area is 216 Å². The predicted octanol–water partition coefficient (Wildman–Crippen LogP) is 1.39. The Morgan fingerprint density at radius 1 is 1.08 bits per heavy atom. The first-order valence-electron chi connectivity index (χ1n) is 14.2. The van der Waals surface area contributed by atoms with E-state index in [2.05, 4.69) is 54.1 Å². The van der Waals surface area contributed by atoms with E-state index in [9.17, 15) is 9.59 Å². The highest BCUT2D eigenvalue weighted by molar-refractivity contribution is 5.83. The minimum atomic E-state index is -0.162. The van der Waals surface area contributed by atoms with Crippen molar-refractivity contribution in [2.24, 2.45) is 29.6 Å². The Morgan fingerprint density at radius 3 is 2.56 bits per heavy atom. The molecule has 10 atom stereocenters. The van der Waals surface area contributed by atoms with Gasteiger partial charge in [-0.2, -0.15) is 0 Å². The summed E-state index contributed by atoms with van der Waals surface area (Å²) in [6.45, 7) is 13.4. The van der Waals surface area contributed by atoms with Gasteiger partial charge in [0.15, 0.2) is 0 Å². The third-order valence-corrected chi connectivity index (χ3v) is 9.37. The molecule has 4 heterocycles. The van der Waals surface area contributed by atoms with Crippen molar-refractivity contribution in [3.63, 3.8) is 0 Å². The molecule has 9 nitrogen and oxygen atoms in total. The summed E-state index contributed by atoms with van der Waals surface area (Å²) in [6.07, 6.45) is 5.34. The Morgan fingerprint density at radius 2 is 1.83 bits per heavy atom. The summed E-state index contributed by atoms with van der Waals surface area (Å²) in [4.78, 5) is 26.3. The Kier molecular flexibility index (Phi) is 7.67. The van der Waals surface area contributed by atoms with Gasteiger partial charge in [0, 0.05) is 42.5 Å². The highest BCUT2D eigenvalue weighted by Gasteiger charge is 2.51. The first-order valence-corrected chi connectivity index (χ1v) is 14.2. The molecule has 1 saturated carbocycles. The van der Waals surface area contributed by atoms with E-state index in [-0.39, 0.29) is 71.5 Å². The van der Waals surface area contributed by atoms with Crippen LogP contribution in [-0.2, 0) is 19.1 Å². The minimum Gasteiger partial charge on any atom is -0.373 e. The minimum absolute atomic E-state index is 0.0653. The third-order valence-electron chi connectivity index (χ3n) is 9.37. The molecular formula is C27H47N5O4. The van der Waals surface area contributed by atoms with E-state index in [0.29, 0.717) is 25.7 Å². The van der Waals surface area contributed by atoms with Crippen LogP contribution in [0.15, 0.2) is 0 Å². The van der Waals surface area contributed by atoms with Gasteiger partial charge >= 0.3 is 0 Å². The number of hydrazine groups is 1. The SMILES string of the molecule is CC1CC(C)C(CNC(=O)C2CC(C3CCC4OCCOC4C3)NC3C2CNN3C(C)(C)C)C(=O)N1. The maximum absolute atomic E-state index is 13.7. The van der Waals surface area contributed by atoms with Crippen molar-refractivity contribution in [2.45, 2.75) is 103 Å². The monoisotopic (exact) mass is 505 g/mol. The standard InChI is InChI=1S/C27H47N5O4/c1-15-10-16(2)30-26(34)19(15)13-28-25(33)18-12-21(17-6-7-22-23(11-17)36-9-8-35-22)31-24-20(18)14-29-32(24)27(3,4)5/h15-24,29,31H,6-14H2,1-5H3,(H,28,33)(H,30,34). The molecule has 5 aliphatic rings. The van der Waals surface area contributed by atoms with Gasteiger partial charge in [-0.05, 0) is 71.6 Å². The third kappa shape index (κ3) is 5.32. The van der Waals surface area contributed by atoms with Gasteiger partial charge in [0.25, 0.3) is 0 Å². The number of piperidine rings is 2. The first kappa shape index (κ1) is 26.4. The average Bonchev–Trinajstić information content (AvgIpc) is 3.27. The maximum Gasteiger partial charge on any atom is 0.225 e. The second kappa shape index (κ2) is 10.5. The summed E-state index contributed by atoms with van der Waals surface area (Å²) in [7, 11) is 0. The molecule has 0 aromatic heterocycles. The molecule has 4 saturated heterocycles. The van der Waals surface area contributed by atoms with Crippen LogP contribution in [0.25, 0.3) is 0 Å². The lowest BCUT2D eigenvalue weighted by molar-refractivity contribution is -0.165. The number of carbonyl (C=O) groups is 2. The number of ether oxygens (including phenoxy) is 2. The van der Waals surface area contributed by atoms with Crippen molar-refractivity contribution in [1.29, 1.82) is 0 Å². The summed E-state index contributed by atoms with van der Waals surface area (Å²) < 4.78 is 12.0. The van der Waals surface area contributed by atoms with E-state index in [4.69, 9.17) is 9.47 Å². The largest absolute Gasteiger partial charge is 0.373 e. The lowest BCUT2D eigenvalue weighted by atomic mass is 9.72. The van der Waals surface area contributed by atoms with Crippen LogP contribution in [0.5, 0.6) is 0 Å². The number of nitrogens with zero attached hydrogens (tertiary/aromatic N) is 1. The van der Waals surface area contributed by atoms with Gasteiger partial charge in [0.1, 0.15) is 0 Å². The normalized spacial score (nSPS) is 43.9. The van der Waals surface area contributed by atoms with Crippen LogP contribution in [0.3, 0.4) is 0 Å². The van der Waals surface area contributed by atoms with E-state index < -0.39 is 0 Å². The quantitative estimate of drug-likeness (QED) is 0.458. The number of carbonyl (C=O) groups excluding carboxylic acids is 2. The number of nitrogens with one attached hydrogen (secondary N) is 4. The number of hydrogen-bond donors (Lipinski definition) is 4. The number of amides is 2.